The number of pyridine rings is 3. The Morgan fingerprint density at radius 2 is 1.97 bits per heavy atom. The number of hydrogen-bond acceptors (Lipinski definition) is 9. The van der Waals surface area contributed by atoms with Gasteiger partial charge in [-0.1, -0.05) is 11.3 Å². The molecule has 1 fully saturated rings. The Kier molecular flexibility index (Phi) is 5.16. The largest absolute Gasteiger partial charge is 0.354 e. The third-order valence-corrected chi connectivity index (χ3v) is 6.41. The lowest BCUT2D eigenvalue weighted by Gasteiger charge is -2.38. The molecule has 0 aromatic carbocycles. The number of carbonyl (C=O) groups excluding carboxylic acids is 1. The number of hydrogen-bond donors (Lipinski definition) is 2. The number of nitrogens with two attached hydrogens (primary N) is 1. The highest BCUT2D eigenvalue weighted by molar-refractivity contribution is 7.19. The van der Waals surface area contributed by atoms with Gasteiger partial charge in [0.05, 0.1) is 16.6 Å². The van der Waals surface area contributed by atoms with Crippen molar-refractivity contribution in [3.63, 3.8) is 0 Å². The van der Waals surface area contributed by atoms with Crippen LogP contribution in [0.4, 0.5) is 16.8 Å². The van der Waals surface area contributed by atoms with Gasteiger partial charge in [0.1, 0.15) is 11.6 Å². The van der Waals surface area contributed by atoms with E-state index in [1.807, 2.05) is 31.3 Å². The van der Waals surface area contributed by atoms with Crippen LogP contribution in [0.3, 0.4) is 0 Å². The van der Waals surface area contributed by atoms with E-state index in [1.165, 1.54) is 0 Å². The van der Waals surface area contributed by atoms with Crippen molar-refractivity contribution < 1.29 is 4.79 Å². The summed E-state index contributed by atoms with van der Waals surface area (Å²) < 4.78 is 0. The maximum Gasteiger partial charge on any atom is 0.256 e. The number of fused-ring (bicyclic) bond motifs is 1. The normalized spacial score (nSPS) is 13.8. The molecule has 4 aromatic heterocycles. The Balaban J connectivity index is 1.53. The molecule has 0 aliphatic carbocycles. The van der Waals surface area contributed by atoms with Crippen LogP contribution in [0.5, 0.6) is 0 Å². The standard InChI is InChI=1S/C22H22N8OS/c1-29(2)22-26-10-18(32-22)16-7-14-8-19(28-21(31)13-3-5-24-6-4-13)25-9-17(14)27-20(16)30-11-15(23)12-30/h3-10,15H,11-12,23H2,1-2H3,(H,25,28,31). The number of rotatable bonds is 5. The van der Waals surface area contributed by atoms with Crippen LogP contribution in [0.1, 0.15) is 10.4 Å². The number of amides is 1. The first-order valence-electron chi connectivity index (χ1n) is 10.1. The van der Waals surface area contributed by atoms with E-state index in [0.717, 1.165) is 45.4 Å². The summed E-state index contributed by atoms with van der Waals surface area (Å²) in [6.07, 6.45) is 6.72. The summed E-state index contributed by atoms with van der Waals surface area (Å²) in [4.78, 5) is 35.4. The highest BCUT2D eigenvalue weighted by atomic mass is 32.1. The molecule has 5 heterocycles. The molecule has 0 spiro atoms. The van der Waals surface area contributed by atoms with Gasteiger partial charge >= 0.3 is 0 Å². The lowest BCUT2D eigenvalue weighted by Crippen LogP contribution is -2.56. The van der Waals surface area contributed by atoms with Crippen molar-refractivity contribution >= 4 is 44.9 Å². The Morgan fingerprint density at radius 1 is 1.19 bits per heavy atom. The van der Waals surface area contributed by atoms with Gasteiger partial charge < -0.3 is 20.9 Å². The number of nitrogens with zero attached hydrogens (tertiary/aromatic N) is 6. The third-order valence-electron chi connectivity index (χ3n) is 5.22. The van der Waals surface area contributed by atoms with Crippen LogP contribution < -0.4 is 20.9 Å². The van der Waals surface area contributed by atoms with Crippen molar-refractivity contribution in [2.75, 3.05) is 42.3 Å². The van der Waals surface area contributed by atoms with E-state index in [9.17, 15) is 4.79 Å². The molecule has 4 aromatic rings. The highest BCUT2D eigenvalue weighted by Gasteiger charge is 2.28. The molecule has 0 bridgehead atoms. The first kappa shape index (κ1) is 20.3. The monoisotopic (exact) mass is 446 g/mol. The van der Waals surface area contributed by atoms with Gasteiger partial charge in [0, 0.05) is 68.3 Å². The fraction of sp³-hybridized carbons (Fsp3) is 0.227. The molecule has 1 amide bonds. The maximum absolute atomic E-state index is 12.5. The predicted molar refractivity (Wildman–Crippen MR) is 127 cm³/mol. The van der Waals surface area contributed by atoms with Gasteiger partial charge in [-0.25, -0.2) is 15.0 Å². The SMILES string of the molecule is CN(C)c1ncc(-c2cc3cc(NC(=O)c4ccncc4)ncc3nc2N2CC(N)C2)s1. The molecule has 0 atom stereocenters. The molecule has 1 aliphatic rings. The lowest BCUT2D eigenvalue weighted by atomic mass is 10.1. The summed E-state index contributed by atoms with van der Waals surface area (Å²) >= 11 is 1.61. The quantitative estimate of drug-likeness (QED) is 0.481. The highest BCUT2D eigenvalue weighted by Crippen LogP contribution is 2.39. The van der Waals surface area contributed by atoms with Crippen molar-refractivity contribution in [1.82, 2.24) is 19.9 Å². The Bertz CT molecular complexity index is 1280. The first-order chi connectivity index (χ1) is 15.5. The van der Waals surface area contributed by atoms with Crippen molar-refractivity contribution in [2.24, 2.45) is 5.73 Å². The molecule has 0 unspecified atom stereocenters. The van der Waals surface area contributed by atoms with Crippen molar-refractivity contribution in [3.05, 3.63) is 54.6 Å². The Hall–Kier alpha value is -3.63. The molecule has 0 saturated carbocycles. The van der Waals surface area contributed by atoms with Gasteiger partial charge in [-0.2, -0.15) is 0 Å². The zero-order valence-electron chi connectivity index (χ0n) is 17.7. The molecule has 32 heavy (non-hydrogen) atoms. The fourth-order valence-electron chi connectivity index (χ4n) is 3.53. The average molecular weight is 447 g/mol. The third kappa shape index (κ3) is 3.85. The Labute approximate surface area is 189 Å². The molecule has 1 aliphatic heterocycles. The summed E-state index contributed by atoms with van der Waals surface area (Å²) in [5.74, 6) is 1.10. The molecule has 10 heteroatoms. The lowest BCUT2D eigenvalue weighted by molar-refractivity contribution is 0.102. The summed E-state index contributed by atoms with van der Waals surface area (Å²) in [5, 5.41) is 4.65. The summed E-state index contributed by atoms with van der Waals surface area (Å²) in [6, 6.07) is 7.39. The van der Waals surface area contributed by atoms with E-state index < -0.39 is 0 Å². The van der Waals surface area contributed by atoms with Gasteiger partial charge in [-0.15, -0.1) is 0 Å². The second-order valence-corrected chi connectivity index (χ2v) is 8.89. The number of aromatic nitrogens is 4. The smallest absolute Gasteiger partial charge is 0.256 e. The topological polar surface area (TPSA) is 113 Å². The minimum Gasteiger partial charge on any atom is -0.354 e. The molecule has 1 saturated heterocycles. The van der Waals surface area contributed by atoms with E-state index >= 15 is 0 Å². The zero-order valence-corrected chi connectivity index (χ0v) is 18.5. The van der Waals surface area contributed by atoms with E-state index in [0.29, 0.717) is 11.4 Å². The van der Waals surface area contributed by atoms with Gasteiger partial charge in [-0.05, 0) is 24.3 Å². The molecular formula is C22H22N8OS. The fourth-order valence-corrected chi connectivity index (χ4v) is 4.38. The average Bonchev–Trinajstić information content (AvgIpc) is 3.27. The second-order valence-electron chi connectivity index (χ2n) is 7.88. The number of anilines is 3. The van der Waals surface area contributed by atoms with Crippen LogP contribution >= 0.6 is 11.3 Å². The van der Waals surface area contributed by atoms with Crippen LogP contribution in [-0.4, -0.2) is 59.1 Å². The van der Waals surface area contributed by atoms with Crippen LogP contribution in [0.25, 0.3) is 21.3 Å². The molecule has 3 N–H and O–H groups in total. The molecule has 5 rings (SSSR count). The van der Waals surface area contributed by atoms with Crippen molar-refractivity contribution in [3.8, 4) is 10.4 Å². The summed E-state index contributed by atoms with van der Waals surface area (Å²) in [6.45, 7) is 1.52. The first-order valence-corrected chi connectivity index (χ1v) is 11.0. The zero-order chi connectivity index (χ0) is 22.2. The van der Waals surface area contributed by atoms with E-state index in [1.54, 1.807) is 42.1 Å². The molecule has 9 nitrogen and oxygen atoms in total. The van der Waals surface area contributed by atoms with Crippen molar-refractivity contribution in [2.45, 2.75) is 6.04 Å². The van der Waals surface area contributed by atoms with Gasteiger partial charge in [0.25, 0.3) is 5.91 Å². The number of thiazole rings is 1. The Morgan fingerprint density at radius 3 is 2.66 bits per heavy atom. The van der Waals surface area contributed by atoms with Crippen LogP contribution in [-0.2, 0) is 0 Å². The van der Waals surface area contributed by atoms with Gasteiger partial charge in [0.15, 0.2) is 5.13 Å². The summed E-state index contributed by atoms with van der Waals surface area (Å²) in [7, 11) is 3.94. The minimum absolute atomic E-state index is 0.156. The second kappa shape index (κ2) is 8.13. The van der Waals surface area contributed by atoms with Gasteiger partial charge in [0.2, 0.25) is 0 Å². The van der Waals surface area contributed by atoms with Gasteiger partial charge in [-0.3, -0.25) is 9.78 Å². The van der Waals surface area contributed by atoms with E-state index in [2.05, 4.69) is 31.2 Å². The maximum atomic E-state index is 12.5. The number of nitrogens with one attached hydrogen (secondary N) is 1. The minimum atomic E-state index is -0.239. The molecule has 162 valence electrons. The molecule has 0 radical (unpaired) electrons. The molecular weight excluding hydrogens is 424 g/mol. The number of carbonyl (C=O) groups is 1. The van der Waals surface area contributed by atoms with Crippen LogP contribution in [0, 0.1) is 0 Å². The van der Waals surface area contributed by atoms with E-state index in [4.69, 9.17) is 10.7 Å². The summed E-state index contributed by atoms with van der Waals surface area (Å²) in [5.41, 5.74) is 8.29. The van der Waals surface area contributed by atoms with E-state index in [-0.39, 0.29) is 11.9 Å². The predicted octanol–water partition coefficient (Wildman–Crippen LogP) is 2.61. The van der Waals surface area contributed by atoms with Crippen LogP contribution in [0.2, 0.25) is 0 Å². The van der Waals surface area contributed by atoms with Crippen LogP contribution in [0.15, 0.2) is 49.1 Å². The van der Waals surface area contributed by atoms with Crippen molar-refractivity contribution in [1.29, 1.82) is 0 Å².